The highest BCUT2D eigenvalue weighted by molar-refractivity contribution is 5.94. The van der Waals surface area contributed by atoms with Crippen LogP contribution in [0.5, 0.6) is 0 Å². The summed E-state index contributed by atoms with van der Waals surface area (Å²) in [5, 5.41) is 12.2. The van der Waals surface area contributed by atoms with Crippen molar-refractivity contribution in [3.05, 3.63) is 33.7 Å². The Bertz CT molecular complexity index is 583. The summed E-state index contributed by atoms with van der Waals surface area (Å²) in [5.41, 5.74) is -2.71. The number of amides is 1. The molecule has 8 heteroatoms. The van der Waals surface area contributed by atoms with Crippen molar-refractivity contribution in [3.63, 3.8) is 0 Å². The van der Waals surface area contributed by atoms with Crippen LogP contribution in [0, 0.1) is 0 Å². The van der Waals surface area contributed by atoms with Crippen molar-refractivity contribution in [2.75, 3.05) is 0 Å². The van der Waals surface area contributed by atoms with Crippen LogP contribution in [0.1, 0.15) is 41.7 Å². The number of pyridine rings is 1. The normalized spacial score (nSPS) is 22.9. The third-order valence-electron chi connectivity index (χ3n) is 3.51. The minimum Gasteiger partial charge on any atom is -0.391 e. The molecule has 3 N–H and O–H groups in total. The van der Waals surface area contributed by atoms with E-state index in [1.807, 2.05) is 0 Å². The van der Waals surface area contributed by atoms with Gasteiger partial charge in [0.25, 0.3) is 11.5 Å². The second kappa shape index (κ2) is 5.88. The Labute approximate surface area is 118 Å². The molecule has 2 unspecified atom stereocenters. The lowest BCUT2D eigenvalue weighted by atomic mass is 9.92. The van der Waals surface area contributed by atoms with Gasteiger partial charge >= 0.3 is 6.18 Å². The van der Waals surface area contributed by atoms with Gasteiger partial charge in [0.15, 0.2) is 0 Å². The summed E-state index contributed by atoms with van der Waals surface area (Å²) in [7, 11) is 0. The Balaban J connectivity index is 2.14. The largest absolute Gasteiger partial charge is 0.431 e. The molecular formula is C13H15F3N2O3. The van der Waals surface area contributed by atoms with E-state index in [0.717, 1.165) is 18.9 Å². The van der Waals surface area contributed by atoms with Crippen LogP contribution in [0.4, 0.5) is 13.2 Å². The number of carbonyl (C=O) groups excluding carboxylic acids is 1. The number of aliphatic hydroxyl groups is 1. The first-order chi connectivity index (χ1) is 9.79. The van der Waals surface area contributed by atoms with E-state index in [9.17, 15) is 27.9 Å². The molecule has 1 aromatic heterocycles. The fourth-order valence-electron chi connectivity index (χ4n) is 2.34. The molecule has 0 aromatic carbocycles. The zero-order valence-electron chi connectivity index (χ0n) is 11.0. The van der Waals surface area contributed by atoms with Gasteiger partial charge in [0.05, 0.1) is 12.1 Å². The predicted octanol–water partition coefficient (Wildman–Crippen LogP) is 1.43. The lowest BCUT2D eigenvalue weighted by Crippen LogP contribution is -2.46. The summed E-state index contributed by atoms with van der Waals surface area (Å²) in [6.45, 7) is 0. The number of aliphatic hydroxyl groups excluding tert-OH is 1. The zero-order chi connectivity index (χ0) is 15.6. The number of hydrogen-bond acceptors (Lipinski definition) is 3. The molecule has 21 heavy (non-hydrogen) atoms. The number of aromatic amines is 1. The molecule has 2 rings (SSSR count). The molecule has 0 spiro atoms. The average Bonchev–Trinajstić information content (AvgIpc) is 2.40. The van der Waals surface area contributed by atoms with E-state index in [-0.39, 0.29) is 0 Å². The van der Waals surface area contributed by atoms with E-state index in [0.29, 0.717) is 18.9 Å². The van der Waals surface area contributed by atoms with Crippen molar-refractivity contribution >= 4 is 5.91 Å². The average molecular weight is 304 g/mol. The highest BCUT2D eigenvalue weighted by Crippen LogP contribution is 2.26. The minimum absolute atomic E-state index is 0.402. The van der Waals surface area contributed by atoms with Crippen LogP contribution in [0.25, 0.3) is 0 Å². The van der Waals surface area contributed by atoms with E-state index < -0.39 is 41.0 Å². The van der Waals surface area contributed by atoms with E-state index in [2.05, 4.69) is 5.32 Å². The third kappa shape index (κ3) is 3.63. The standard InChI is InChI=1S/C13H15F3N2O3/c14-13(15,16)10-6-5-7(12(21)18-10)11(20)17-8-3-1-2-4-9(8)19/h5-6,8-9,19H,1-4H2,(H,17,20)(H,18,21). The van der Waals surface area contributed by atoms with Crippen molar-refractivity contribution in [3.8, 4) is 0 Å². The second-order valence-corrected chi connectivity index (χ2v) is 5.04. The predicted molar refractivity (Wildman–Crippen MR) is 67.8 cm³/mol. The number of hydrogen-bond donors (Lipinski definition) is 3. The van der Waals surface area contributed by atoms with Crippen LogP contribution >= 0.6 is 0 Å². The highest BCUT2D eigenvalue weighted by Gasteiger charge is 2.32. The molecule has 116 valence electrons. The molecule has 1 aliphatic carbocycles. The molecule has 0 aliphatic heterocycles. The maximum Gasteiger partial charge on any atom is 0.431 e. The minimum atomic E-state index is -4.67. The fourth-order valence-corrected chi connectivity index (χ4v) is 2.34. The van der Waals surface area contributed by atoms with Crippen LogP contribution in [-0.4, -0.2) is 28.1 Å². The van der Waals surface area contributed by atoms with Crippen LogP contribution in [0.3, 0.4) is 0 Å². The fraction of sp³-hybridized carbons (Fsp3) is 0.538. The van der Waals surface area contributed by atoms with Gasteiger partial charge in [0.2, 0.25) is 0 Å². The van der Waals surface area contributed by atoms with Gasteiger partial charge in [0.1, 0.15) is 11.3 Å². The molecule has 0 saturated heterocycles. The van der Waals surface area contributed by atoms with Gasteiger partial charge in [-0.1, -0.05) is 12.8 Å². The van der Waals surface area contributed by atoms with Crippen molar-refractivity contribution in [2.45, 2.75) is 44.0 Å². The van der Waals surface area contributed by atoms with Gasteiger partial charge in [-0.2, -0.15) is 13.2 Å². The Morgan fingerprint density at radius 3 is 2.52 bits per heavy atom. The van der Waals surface area contributed by atoms with Crippen molar-refractivity contribution < 1.29 is 23.1 Å². The number of nitrogens with one attached hydrogen (secondary N) is 2. The highest BCUT2D eigenvalue weighted by atomic mass is 19.4. The lowest BCUT2D eigenvalue weighted by Gasteiger charge is -2.28. The Kier molecular flexibility index (Phi) is 4.36. The molecule has 0 bridgehead atoms. The van der Waals surface area contributed by atoms with Crippen molar-refractivity contribution in [2.24, 2.45) is 0 Å². The zero-order valence-corrected chi connectivity index (χ0v) is 11.0. The second-order valence-electron chi connectivity index (χ2n) is 5.04. The first-order valence-corrected chi connectivity index (χ1v) is 6.58. The molecule has 1 saturated carbocycles. The lowest BCUT2D eigenvalue weighted by molar-refractivity contribution is -0.141. The third-order valence-corrected chi connectivity index (χ3v) is 3.51. The molecule has 5 nitrogen and oxygen atoms in total. The van der Waals surface area contributed by atoms with Gasteiger partial charge in [-0.25, -0.2) is 0 Å². The first-order valence-electron chi connectivity index (χ1n) is 6.58. The summed E-state index contributed by atoms with van der Waals surface area (Å²) in [4.78, 5) is 25.1. The number of halogens is 3. The van der Waals surface area contributed by atoms with Crippen LogP contribution < -0.4 is 10.9 Å². The van der Waals surface area contributed by atoms with Crippen LogP contribution in [-0.2, 0) is 6.18 Å². The van der Waals surface area contributed by atoms with Crippen LogP contribution in [0.15, 0.2) is 16.9 Å². The van der Waals surface area contributed by atoms with Gasteiger partial charge in [-0.15, -0.1) is 0 Å². The van der Waals surface area contributed by atoms with E-state index in [4.69, 9.17) is 0 Å². The summed E-state index contributed by atoms with van der Waals surface area (Å²) in [5.74, 6) is -0.782. The quantitative estimate of drug-likeness (QED) is 0.773. The molecule has 1 heterocycles. The van der Waals surface area contributed by atoms with E-state index >= 15 is 0 Å². The van der Waals surface area contributed by atoms with Gasteiger partial charge in [-0.3, -0.25) is 9.59 Å². The summed E-state index contributed by atoms with van der Waals surface area (Å²) < 4.78 is 37.3. The van der Waals surface area contributed by atoms with Crippen LogP contribution in [0.2, 0.25) is 0 Å². The van der Waals surface area contributed by atoms with Crippen molar-refractivity contribution in [1.82, 2.24) is 10.3 Å². The number of rotatable bonds is 2. The number of alkyl halides is 3. The monoisotopic (exact) mass is 304 g/mol. The number of aromatic nitrogens is 1. The van der Waals surface area contributed by atoms with Gasteiger partial charge < -0.3 is 15.4 Å². The Morgan fingerprint density at radius 1 is 1.29 bits per heavy atom. The van der Waals surface area contributed by atoms with E-state index in [1.165, 1.54) is 0 Å². The maximum absolute atomic E-state index is 12.4. The van der Waals surface area contributed by atoms with Gasteiger partial charge in [-0.05, 0) is 25.0 Å². The Hall–Kier alpha value is -1.83. The molecule has 1 amide bonds. The number of H-pyrrole nitrogens is 1. The summed E-state index contributed by atoms with van der Waals surface area (Å²) in [6, 6.07) is 1.01. The maximum atomic E-state index is 12.4. The molecule has 1 aliphatic rings. The summed E-state index contributed by atoms with van der Waals surface area (Å²) >= 11 is 0. The van der Waals surface area contributed by atoms with E-state index in [1.54, 1.807) is 4.98 Å². The molecular weight excluding hydrogens is 289 g/mol. The molecule has 0 radical (unpaired) electrons. The Morgan fingerprint density at radius 2 is 1.95 bits per heavy atom. The first kappa shape index (κ1) is 15.6. The molecule has 1 aromatic rings. The SMILES string of the molecule is O=C(NC1CCCCC1O)c1ccc(C(F)(F)F)[nH]c1=O. The number of carbonyl (C=O) groups is 1. The van der Waals surface area contributed by atoms with Crippen molar-refractivity contribution in [1.29, 1.82) is 0 Å². The molecule has 1 fully saturated rings. The van der Waals surface area contributed by atoms with Gasteiger partial charge in [0, 0.05) is 0 Å². The summed E-state index contributed by atoms with van der Waals surface area (Å²) in [6.07, 6.45) is -2.55. The molecule has 2 atom stereocenters. The smallest absolute Gasteiger partial charge is 0.391 e. The topological polar surface area (TPSA) is 82.2 Å².